The lowest BCUT2D eigenvalue weighted by Crippen LogP contribution is -2.31. The fourth-order valence-electron chi connectivity index (χ4n) is 2.67. The van der Waals surface area contributed by atoms with Crippen molar-refractivity contribution in [3.05, 3.63) is 63.6 Å². The average molecular weight is 496 g/mol. The van der Waals surface area contributed by atoms with Gasteiger partial charge >= 0.3 is 0 Å². The molecule has 1 aliphatic rings. The molecule has 2 aromatic rings. The van der Waals surface area contributed by atoms with Crippen molar-refractivity contribution in [2.75, 3.05) is 18.5 Å². The van der Waals surface area contributed by atoms with Gasteiger partial charge in [0.2, 0.25) is 5.79 Å². The van der Waals surface area contributed by atoms with E-state index >= 15 is 0 Å². The summed E-state index contributed by atoms with van der Waals surface area (Å²) < 4.78 is 41.6. The first-order valence-electron chi connectivity index (χ1n) is 8.05. The molecular weight excluding hydrogens is 479 g/mol. The third-order valence-corrected chi connectivity index (χ3v) is 6.68. The lowest BCUT2D eigenvalue weighted by molar-refractivity contribution is -0.159. The molecule has 0 N–H and O–H groups in total. The van der Waals surface area contributed by atoms with Crippen LogP contribution in [0.1, 0.15) is 11.1 Å². The number of halogens is 3. The maximum Gasteiger partial charge on any atom is 0.297 e. The van der Waals surface area contributed by atoms with Crippen molar-refractivity contribution in [3.8, 4) is 0 Å². The molecule has 1 heterocycles. The van der Waals surface area contributed by atoms with Gasteiger partial charge in [0.05, 0.1) is 28.5 Å². The van der Waals surface area contributed by atoms with Gasteiger partial charge in [-0.1, -0.05) is 62.9 Å². The zero-order valence-electron chi connectivity index (χ0n) is 14.3. The molecule has 5 nitrogen and oxygen atoms in total. The number of hydrogen-bond donors (Lipinski definition) is 0. The molecule has 1 saturated heterocycles. The molecule has 0 amide bonds. The maximum atomic E-state index is 12.3. The maximum absolute atomic E-state index is 12.3. The average Bonchev–Trinajstić information content (AvgIpc) is 3.05. The molecule has 3 rings (SSSR count). The van der Waals surface area contributed by atoms with Crippen LogP contribution in [0.5, 0.6) is 0 Å². The summed E-state index contributed by atoms with van der Waals surface area (Å²) in [4.78, 5) is 0.0968. The van der Waals surface area contributed by atoms with Crippen LogP contribution >= 0.6 is 39.1 Å². The van der Waals surface area contributed by atoms with Crippen LogP contribution in [0.25, 0.3) is 0 Å². The fraction of sp³-hybridized carbons (Fsp3) is 0.333. The van der Waals surface area contributed by atoms with Crippen LogP contribution in [0, 0.1) is 6.92 Å². The Labute approximate surface area is 176 Å². The molecule has 0 radical (unpaired) electrons. The van der Waals surface area contributed by atoms with Gasteiger partial charge in [0.25, 0.3) is 10.1 Å². The second kappa shape index (κ2) is 8.37. The molecule has 0 bridgehead atoms. The molecule has 0 saturated carbocycles. The van der Waals surface area contributed by atoms with Crippen molar-refractivity contribution in [2.24, 2.45) is 0 Å². The Morgan fingerprint density at radius 1 is 1.22 bits per heavy atom. The molecule has 0 aromatic heterocycles. The second-order valence-electron chi connectivity index (χ2n) is 6.11. The highest BCUT2D eigenvalue weighted by Gasteiger charge is 2.44. The standard InChI is InChI=1S/C18H17BrCl2O5S/c1-12-2-5-15(6-3-12)27(22,23)25-10-14-9-24-18(11-19,26-14)16-7-4-13(20)8-17(16)21/h2-8,14H,9-11H2,1H3/t14-,18+/m0/s1. The Kier molecular flexibility index (Phi) is 6.52. The van der Waals surface area contributed by atoms with E-state index in [9.17, 15) is 8.42 Å². The number of ether oxygens (including phenoxy) is 2. The Morgan fingerprint density at radius 2 is 1.93 bits per heavy atom. The van der Waals surface area contributed by atoms with E-state index in [0.29, 0.717) is 20.9 Å². The molecule has 27 heavy (non-hydrogen) atoms. The van der Waals surface area contributed by atoms with E-state index in [0.717, 1.165) is 5.56 Å². The number of rotatable bonds is 6. The molecule has 0 aliphatic carbocycles. The van der Waals surface area contributed by atoms with E-state index < -0.39 is 22.0 Å². The molecule has 2 atom stereocenters. The van der Waals surface area contributed by atoms with Crippen molar-refractivity contribution < 1.29 is 22.1 Å². The first kappa shape index (κ1) is 21.0. The first-order valence-corrected chi connectivity index (χ1v) is 11.3. The molecule has 0 unspecified atom stereocenters. The quantitative estimate of drug-likeness (QED) is 0.430. The van der Waals surface area contributed by atoms with Crippen LogP contribution in [-0.2, 0) is 29.6 Å². The lowest BCUT2D eigenvalue weighted by atomic mass is 10.1. The Morgan fingerprint density at radius 3 is 2.56 bits per heavy atom. The van der Waals surface area contributed by atoms with Crippen LogP contribution in [-0.4, -0.2) is 33.1 Å². The number of aryl methyl sites for hydroxylation is 1. The van der Waals surface area contributed by atoms with Crippen LogP contribution in [0.15, 0.2) is 47.4 Å². The summed E-state index contributed by atoms with van der Waals surface area (Å²) in [7, 11) is -3.88. The zero-order chi connectivity index (χ0) is 19.7. The summed E-state index contributed by atoms with van der Waals surface area (Å²) >= 11 is 15.6. The van der Waals surface area contributed by atoms with Crippen LogP contribution in [0.2, 0.25) is 10.0 Å². The summed E-state index contributed by atoms with van der Waals surface area (Å²) in [6.07, 6.45) is -0.575. The highest BCUT2D eigenvalue weighted by Crippen LogP contribution is 2.40. The predicted molar refractivity (Wildman–Crippen MR) is 107 cm³/mol. The van der Waals surface area contributed by atoms with Gasteiger partial charge in [0.1, 0.15) is 6.10 Å². The highest BCUT2D eigenvalue weighted by atomic mass is 79.9. The van der Waals surface area contributed by atoms with E-state index in [-0.39, 0.29) is 18.1 Å². The summed E-state index contributed by atoms with van der Waals surface area (Å²) in [5.41, 5.74) is 1.57. The van der Waals surface area contributed by atoms with Gasteiger partial charge < -0.3 is 9.47 Å². The zero-order valence-corrected chi connectivity index (χ0v) is 18.2. The van der Waals surface area contributed by atoms with Crippen LogP contribution in [0.3, 0.4) is 0 Å². The topological polar surface area (TPSA) is 61.8 Å². The fourth-order valence-corrected chi connectivity index (χ4v) is 4.75. The van der Waals surface area contributed by atoms with Crippen LogP contribution in [0.4, 0.5) is 0 Å². The van der Waals surface area contributed by atoms with E-state index in [1.165, 1.54) is 12.1 Å². The van der Waals surface area contributed by atoms with Gasteiger partial charge in [-0.05, 0) is 31.2 Å². The van der Waals surface area contributed by atoms with E-state index in [2.05, 4.69) is 15.9 Å². The minimum absolute atomic E-state index is 0.0968. The van der Waals surface area contributed by atoms with Crippen molar-refractivity contribution in [2.45, 2.75) is 23.7 Å². The summed E-state index contributed by atoms with van der Waals surface area (Å²) in [5, 5.41) is 1.20. The molecule has 1 fully saturated rings. The second-order valence-corrected chi connectivity index (χ2v) is 9.13. The predicted octanol–water partition coefficient (Wildman–Crippen LogP) is 4.67. The molecule has 146 valence electrons. The number of alkyl halides is 1. The smallest absolute Gasteiger partial charge is 0.297 e. The van der Waals surface area contributed by atoms with Gasteiger partial charge in [-0.25, -0.2) is 0 Å². The number of hydrogen-bond acceptors (Lipinski definition) is 5. The van der Waals surface area contributed by atoms with Crippen LogP contribution < -0.4 is 0 Å². The Hall–Kier alpha value is -0.670. The van der Waals surface area contributed by atoms with Gasteiger partial charge in [-0.2, -0.15) is 8.42 Å². The Balaban J connectivity index is 1.70. The SMILES string of the molecule is Cc1ccc(S(=O)(=O)OC[C@@H]2CO[C@@](CBr)(c3ccc(Cl)cc3Cl)O2)cc1. The van der Waals surface area contributed by atoms with E-state index in [4.69, 9.17) is 36.9 Å². The minimum atomic E-state index is -3.88. The van der Waals surface area contributed by atoms with Crippen molar-refractivity contribution in [1.82, 2.24) is 0 Å². The van der Waals surface area contributed by atoms with Gasteiger partial charge in [-0.3, -0.25) is 4.18 Å². The van der Waals surface area contributed by atoms with E-state index in [1.807, 2.05) is 6.92 Å². The Bertz CT molecular complexity index is 920. The van der Waals surface area contributed by atoms with Gasteiger partial charge in [0, 0.05) is 10.6 Å². The van der Waals surface area contributed by atoms with Crippen molar-refractivity contribution in [1.29, 1.82) is 0 Å². The molecule has 1 aliphatic heterocycles. The molecule has 0 spiro atoms. The van der Waals surface area contributed by atoms with Gasteiger partial charge in [0.15, 0.2) is 0 Å². The first-order chi connectivity index (χ1) is 12.8. The third-order valence-electron chi connectivity index (χ3n) is 4.10. The molecule has 2 aromatic carbocycles. The van der Waals surface area contributed by atoms with Crippen molar-refractivity contribution in [3.63, 3.8) is 0 Å². The minimum Gasteiger partial charge on any atom is -0.342 e. The summed E-state index contributed by atoms with van der Waals surface area (Å²) in [6, 6.07) is 11.4. The summed E-state index contributed by atoms with van der Waals surface area (Å²) in [6.45, 7) is 1.87. The van der Waals surface area contributed by atoms with E-state index in [1.54, 1.807) is 30.3 Å². The molecule has 9 heteroatoms. The lowest BCUT2D eigenvalue weighted by Gasteiger charge is -2.27. The normalized spacial score (nSPS) is 22.9. The monoisotopic (exact) mass is 494 g/mol. The third kappa shape index (κ3) is 4.67. The number of benzene rings is 2. The van der Waals surface area contributed by atoms with Gasteiger partial charge in [-0.15, -0.1) is 0 Å². The summed E-state index contributed by atoms with van der Waals surface area (Å²) in [5.74, 6) is -1.14. The molecular formula is C18H17BrCl2O5S. The largest absolute Gasteiger partial charge is 0.342 e. The highest BCUT2D eigenvalue weighted by molar-refractivity contribution is 9.09. The van der Waals surface area contributed by atoms with Crippen molar-refractivity contribution >= 4 is 49.2 Å².